The second-order valence-corrected chi connectivity index (χ2v) is 6.13. The molecule has 3 N–H and O–H groups in total. The zero-order chi connectivity index (χ0) is 19.2. The van der Waals surface area contributed by atoms with Crippen LogP contribution in [0.4, 0.5) is 13.2 Å². The van der Waals surface area contributed by atoms with Gasteiger partial charge in [0.25, 0.3) is 0 Å². The maximum absolute atomic E-state index is 12.4. The number of benzene rings is 1. The molecule has 0 aliphatic carbocycles. The summed E-state index contributed by atoms with van der Waals surface area (Å²) in [5, 5.41) is 2.73. The maximum Gasteiger partial charge on any atom is 0.573 e. The van der Waals surface area contributed by atoms with Gasteiger partial charge in [0.2, 0.25) is 11.8 Å². The van der Waals surface area contributed by atoms with E-state index in [1.807, 2.05) is 0 Å². The molecular formula is C17H23ClF3N3O3. The number of amides is 2. The Kier molecular flexibility index (Phi) is 8.84. The Labute approximate surface area is 161 Å². The summed E-state index contributed by atoms with van der Waals surface area (Å²) in [4.78, 5) is 26.1. The Morgan fingerprint density at radius 1 is 1.26 bits per heavy atom. The number of nitrogens with one attached hydrogen (secondary N) is 1. The molecule has 0 radical (unpaired) electrons. The maximum atomic E-state index is 12.4. The van der Waals surface area contributed by atoms with Crippen LogP contribution in [0.3, 0.4) is 0 Å². The second-order valence-electron chi connectivity index (χ2n) is 6.13. The van der Waals surface area contributed by atoms with E-state index in [-0.39, 0.29) is 42.3 Å². The third kappa shape index (κ3) is 7.64. The predicted molar refractivity (Wildman–Crippen MR) is 95.4 cm³/mol. The van der Waals surface area contributed by atoms with Crippen LogP contribution < -0.4 is 15.8 Å². The molecule has 1 atom stereocenters. The lowest BCUT2D eigenvalue weighted by atomic mass is 9.96. The van der Waals surface area contributed by atoms with Gasteiger partial charge in [-0.05, 0) is 30.5 Å². The number of piperidine rings is 1. The Hall–Kier alpha value is -2.00. The van der Waals surface area contributed by atoms with Gasteiger partial charge in [-0.2, -0.15) is 0 Å². The van der Waals surface area contributed by atoms with E-state index in [1.165, 1.54) is 24.3 Å². The third-order valence-electron chi connectivity index (χ3n) is 4.10. The molecule has 1 saturated heterocycles. The van der Waals surface area contributed by atoms with E-state index in [9.17, 15) is 22.8 Å². The zero-order valence-electron chi connectivity index (χ0n) is 14.6. The second kappa shape index (κ2) is 10.4. The van der Waals surface area contributed by atoms with E-state index in [4.69, 9.17) is 5.73 Å². The fraction of sp³-hybridized carbons (Fsp3) is 0.529. The fourth-order valence-corrected chi connectivity index (χ4v) is 2.85. The zero-order valence-corrected chi connectivity index (χ0v) is 15.4. The minimum atomic E-state index is -4.75. The van der Waals surface area contributed by atoms with Gasteiger partial charge in [0, 0.05) is 26.2 Å². The predicted octanol–water partition coefficient (Wildman–Crippen LogP) is 1.86. The molecule has 0 aromatic heterocycles. The van der Waals surface area contributed by atoms with Crippen molar-refractivity contribution in [3.05, 3.63) is 29.8 Å². The van der Waals surface area contributed by atoms with Crippen molar-refractivity contribution in [2.75, 3.05) is 26.2 Å². The van der Waals surface area contributed by atoms with Gasteiger partial charge in [-0.15, -0.1) is 25.6 Å². The number of halogens is 4. The lowest BCUT2D eigenvalue weighted by Crippen LogP contribution is -2.46. The number of carbonyl (C=O) groups excluding carboxylic acids is 2. The first-order valence-corrected chi connectivity index (χ1v) is 8.38. The molecule has 0 bridgehead atoms. The Bertz CT molecular complexity index is 626. The monoisotopic (exact) mass is 409 g/mol. The molecule has 27 heavy (non-hydrogen) atoms. The van der Waals surface area contributed by atoms with E-state index in [1.54, 1.807) is 4.90 Å². The summed E-state index contributed by atoms with van der Waals surface area (Å²) in [5.74, 6) is -0.863. The number of hydrogen-bond acceptors (Lipinski definition) is 4. The van der Waals surface area contributed by atoms with Crippen LogP contribution in [0.5, 0.6) is 5.75 Å². The fourth-order valence-electron chi connectivity index (χ4n) is 2.85. The van der Waals surface area contributed by atoms with E-state index < -0.39 is 6.36 Å². The van der Waals surface area contributed by atoms with Crippen molar-refractivity contribution in [3.8, 4) is 5.75 Å². The van der Waals surface area contributed by atoms with Crippen LogP contribution in [0.15, 0.2) is 24.3 Å². The van der Waals surface area contributed by atoms with Gasteiger partial charge in [-0.3, -0.25) is 9.59 Å². The third-order valence-corrected chi connectivity index (χ3v) is 4.10. The molecule has 1 aliphatic rings. The van der Waals surface area contributed by atoms with Crippen LogP contribution in [-0.2, 0) is 16.0 Å². The highest BCUT2D eigenvalue weighted by Gasteiger charge is 2.31. The van der Waals surface area contributed by atoms with Gasteiger partial charge in [0.05, 0.1) is 12.3 Å². The van der Waals surface area contributed by atoms with Crippen LogP contribution in [-0.4, -0.2) is 49.3 Å². The summed E-state index contributed by atoms with van der Waals surface area (Å²) in [5.41, 5.74) is 5.94. The molecule has 1 aliphatic heterocycles. The van der Waals surface area contributed by atoms with Crippen molar-refractivity contribution in [3.63, 3.8) is 0 Å². The summed E-state index contributed by atoms with van der Waals surface area (Å²) >= 11 is 0. The van der Waals surface area contributed by atoms with Gasteiger partial charge >= 0.3 is 6.36 Å². The van der Waals surface area contributed by atoms with Crippen LogP contribution in [0, 0.1) is 5.92 Å². The standard InChI is InChI=1S/C17H22F3N3O3.ClH/c18-17(19,20)26-14-5-3-12(4-6-14)10-15(24)23-9-1-2-13(11-23)16(25)22-8-7-21;/h3-6,13H,1-2,7-11,21H2,(H,22,25);1H. The summed E-state index contributed by atoms with van der Waals surface area (Å²) in [7, 11) is 0. The van der Waals surface area contributed by atoms with Gasteiger partial charge in [-0.25, -0.2) is 0 Å². The number of nitrogens with two attached hydrogens (primary N) is 1. The molecule has 0 spiro atoms. The molecule has 10 heteroatoms. The van der Waals surface area contributed by atoms with Crippen molar-refractivity contribution < 1.29 is 27.5 Å². The van der Waals surface area contributed by atoms with Gasteiger partial charge in [0.15, 0.2) is 0 Å². The summed E-state index contributed by atoms with van der Waals surface area (Å²) in [6.45, 7) is 1.66. The molecule has 1 heterocycles. The lowest BCUT2D eigenvalue weighted by molar-refractivity contribution is -0.274. The van der Waals surface area contributed by atoms with Crippen LogP contribution in [0.1, 0.15) is 18.4 Å². The number of alkyl halides is 3. The molecule has 2 amide bonds. The normalized spacial score (nSPS) is 17.0. The van der Waals surface area contributed by atoms with E-state index >= 15 is 0 Å². The first-order chi connectivity index (χ1) is 12.3. The highest BCUT2D eigenvalue weighted by molar-refractivity contribution is 5.85. The first kappa shape index (κ1) is 23.0. The molecular weight excluding hydrogens is 387 g/mol. The first-order valence-electron chi connectivity index (χ1n) is 8.38. The summed E-state index contributed by atoms with van der Waals surface area (Å²) in [6.07, 6.45) is -3.25. The number of carbonyl (C=O) groups is 2. The highest BCUT2D eigenvalue weighted by Crippen LogP contribution is 2.23. The van der Waals surface area contributed by atoms with E-state index in [0.29, 0.717) is 38.2 Å². The SMILES string of the molecule is Cl.NCCNC(=O)C1CCCN(C(=O)Cc2ccc(OC(F)(F)F)cc2)C1. The van der Waals surface area contributed by atoms with Crippen molar-refractivity contribution in [1.82, 2.24) is 10.2 Å². The van der Waals surface area contributed by atoms with Crippen molar-refractivity contribution in [1.29, 1.82) is 0 Å². The summed E-state index contributed by atoms with van der Waals surface area (Å²) in [6, 6.07) is 5.20. The van der Waals surface area contributed by atoms with E-state index in [2.05, 4.69) is 10.1 Å². The minimum absolute atomic E-state index is 0. The average molecular weight is 410 g/mol. The van der Waals surface area contributed by atoms with Crippen molar-refractivity contribution >= 4 is 24.2 Å². The number of ether oxygens (including phenoxy) is 1. The van der Waals surface area contributed by atoms with Crippen LogP contribution >= 0.6 is 12.4 Å². The minimum Gasteiger partial charge on any atom is -0.406 e. The smallest absolute Gasteiger partial charge is 0.406 e. The van der Waals surface area contributed by atoms with Gasteiger partial charge in [-0.1, -0.05) is 12.1 Å². The molecule has 1 aromatic carbocycles. The molecule has 2 rings (SSSR count). The molecule has 1 unspecified atom stereocenters. The molecule has 6 nitrogen and oxygen atoms in total. The molecule has 1 fully saturated rings. The Morgan fingerprint density at radius 2 is 1.93 bits per heavy atom. The van der Waals surface area contributed by atoms with Crippen LogP contribution in [0.2, 0.25) is 0 Å². The van der Waals surface area contributed by atoms with Gasteiger partial charge in [0.1, 0.15) is 5.75 Å². The number of rotatable bonds is 6. The average Bonchev–Trinajstić information content (AvgIpc) is 2.60. The lowest BCUT2D eigenvalue weighted by Gasteiger charge is -2.32. The molecule has 0 saturated carbocycles. The van der Waals surface area contributed by atoms with Gasteiger partial charge < -0.3 is 20.7 Å². The van der Waals surface area contributed by atoms with Crippen molar-refractivity contribution in [2.45, 2.75) is 25.6 Å². The topological polar surface area (TPSA) is 84.7 Å². The number of nitrogens with zero attached hydrogens (tertiary/aromatic N) is 1. The van der Waals surface area contributed by atoms with Crippen molar-refractivity contribution in [2.24, 2.45) is 11.7 Å². The Morgan fingerprint density at radius 3 is 2.52 bits per heavy atom. The largest absolute Gasteiger partial charge is 0.573 e. The molecule has 1 aromatic rings. The molecule has 152 valence electrons. The Balaban J connectivity index is 0.00000364. The quantitative estimate of drug-likeness (QED) is 0.751. The number of hydrogen-bond donors (Lipinski definition) is 2. The van der Waals surface area contributed by atoms with Crippen LogP contribution in [0.25, 0.3) is 0 Å². The summed E-state index contributed by atoms with van der Waals surface area (Å²) < 4.78 is 40.3. The number of likely N-dealkylation sites (tertiary alicyclic amines) is 1. The highest BCUT2D eigenvalue weighted by atomic mass is 35.5. The van der Waals surface area contributed by atoms with E-state index in [0.717, 1.165) is 6.42 Å².